The Bertz CT molecular complexity index is 1320. The fraction of sp³-hybridized carbons (Fsp3) is 0.167. The number of phenols is 1. The molecule has 3 aromatic carbocycles. The molecule has 1 heterocycles. The van der Waals surface area contributed by atoms with Gasteiger partial charge in [0.1, 0.15) is 5.75 Å². The van der Waals surface area contributed by atoms with Crippen LogP contribution in [0.1, 0.15) is 44.6 Å². The van der Waals surface area contributed by atoms with Crippen LogP contribution in [0.15, 0.2) is 60.7 Å². The minimum atomic E-state index is -5.13. The number of rotatable bonds is 3. The van der Waals surface area contributed by atoms with Gasteiger partial charge in [0, 0.05) is 16.7 Å². The highest BCUT2D eigenvalue weighted by Gasteiger charge is 2.42. The fourth-order valence-electron chi connectivity index (χ4n) is 4.00. The molecule has 2 amide bonds. The van der Waals surface area contributed by atoms with Gasteiger partial charge in [-0.2, -0.15) is 26.3 Å². The van der Waals surface area contributed by atoms with E-state index in [1.807, 2.05) is 0 Å². The zero-order chi connectivity index (χ0) is 26.4. The molecule has 0 saturated carbocycles. The van der Waals surface area contributed by atoms with Crippen LogP contribution in [-0.4, -0.2) is 16.9 Å². The molecule has 2 unspecified atom stereocenters. The summed E-state index contributed by atoms with van der Waals surface area (Å²) in [6, 6.07) is 8.77. The lowest BCUT2D eigenvalue weighted by Crippen LogP contribution is -2.43. The summed E-state index contributed by atoms with van der Waals surface area (Å²) in [7, 11) is 0. The number of nitrogens with one attached hydrogen (secondary N) is 2. The molecule has 5 nitrogen and oxygen atoms in total. The number of benzene rings is 3. The van der Waals surface area contributed by atoms with Gasteiger partial charge in [-0.25, -0.2) is 0 Å². The van der Waals surface area contributed by atoms with E-state index in [1.54, 1.807) is 0 Å². The zero-order valence-electron chi connectivity index (χ0n) is 17.8. The lowest BCUT2D eigenvalue weighted by Gasteiger charge is -2.34. The molecular formula is C24H15ClF6N2O3. The Labute approximate surface area is 204 Å². The van der Waals surface area contributed by atoms with E-state index in [4.69, 9.17) is 11.6 Å². The summed E-state index contributed by atoms with van der Waals surface area (Å²) in [5.41, 5.74) is -3.73. The normalized spacial score (nSPS) is 17.8. The third kappa shape index (κ3) is 4.97. The van der Waals surface area contributed by atoms with Crippen LogP contribution in [0.2, 0.25) is 5.02 Å². The molecule has 0 bridgehead atoms. The third-order valence-corrected chi connectivity index (χ3v) is 5.86. The smallest absolute Gasteiger partial charge is 0.416 e. The van der Waals surface area contributed by atoms with Crippen LogP contribution < -0.4 is 10.6 Å². The van der Waals surface area contributed by atoms with Crippen LogP contribution in [0.4, 0.5) is 32.0 Å². The van der Waals surface area contributed by atoms with Gasteiger partial charge in [0.05, 0.1) is 28.8 Å². The van der Waals surface area contributed by atoms with E-state index < -0.39 is 58.6 Å². The van der Waals surface area contributed by atoms with Crippen LogP contribution in [0, 0.1) is 0 Å². The van der Waals surface area contributed by atoms with Crippen molar-refractivity contribution in [3.05, 3.63) is 93.5 Å². The quantitative estimate of drug-likeness (QED) is 0.276. The molecule has 36 heavy (non-hydrogen) atoms. The number of aromatic hydroxyl groups is 1. The Morgan fingerprint density at radius 3 is 2.11 bits per heavy atom. The first-order valence-corrected chi connectivity index (χ1v) is 10.6. The van der Waals surface area contributed by atoms with E-state index in [0.29, 0.717) is 12.1 Å². The maximum atomic E-state index is 13.5. The van der Waals surface area contributed by atoms with E-state index in [2.05, 4.69) is 10.6 Å². The van der Waals surface area contributed by atoms with Gasteiger partial charge in [-0.3, -0.25) is 9.59 Å². The predicted molar refractivity (Wildman–Crippen MR) is 118 cm³/mol. The van der Waals surface area contributed by atoms with E-state index >= 15 is 0 Å². The number of hydrogen-bond acceptors (Lipinski definition) is 3. The molecule has 1 aliphatic rings. The summed E-state index contributed by atoms with van der Waals surface area (Å²) in [6.45, 7) is 0. The molecule has 0 spiro atoms. The molecule has 3 aromatic rings. The van der Waals surface area contributed by atoms with Crippen molar-refractivity contribution in [3.8, 4) is 5.75 Å². The molecule has 0 fully saturated rings. The lowest BCUT2D eigenvalue weighted by molar-refractivity contribution is -0.143. The number of hydrogen-bond donors (Lipinski definition) is 3. The van der Waals surface area contributed by atoms with Gasteiger partial charge in [0.25, 0.3) is 5.91 Å². The van der Waals surface area contributed by atoms with Crippen molar-refractivity contribution in [2.75, 3.05) is 5.32 Å². The van der Waals surface area contributed by atoms with Crippen molar-refractivity contribution in [3.63, 3.8) is 0 Å². The van der Waals surface area contributed by atoms with Crippen LogP contribution in [0.5, 0.6) is 5.75 Å². The average molecular weight is 529 g/mol. The molecule has 0 aliphatic carbocycles. The number of amides is 2. The summed E-state index contributed by atoms with van der Waals surface area (Å²) >= 11 is 5.79. The number of phenolic OH excluding ortho intramolecular Hbond substituents is 1. The summed E-state index contributed by atoms with van der Waals surface area (Å²) in [6.07, 6.45) is -10.3. The van der Waals surface area contributed by atoms with Crippen molar-refractivity contribution >= 4 is 29.1 Å². The minimum absolute atomic E-state index is 0.0252. The van der Waals surface area contributed by atoms with Crippen molar-refractivity contribution in [1.29, 1.82) is 0 Å². The molecule has 0 saturated heterocycles. The number of carbonyl (C=O) groups is 2. The second-order valence-electron chi connectivity index (χ2n) is 8.01. The van der Waals surface area contributed by atoms with Gasteiger partial charge in [-0.05, 0) is 47.5 Å². The van der Waals surface area contributed by atoms with Crippen LogP contribution in [-0.2, 0) is 17.1 Å². The van der Waals surface area contributed by atoms with Crippen molar-refractivity contribution in [1.82, 2.24) is 5.32 Å². The summed E-state index contributed by atoms with van der Waals surface area (Å²) in [4.78, 5) is 26.1. The number of fused-ring (bicyclic) bond motifs is 1. The highest BCUT2D eigenvalue weighted by molar-refractivity contribution is 6.30. The predicted octanol–water partition coefficient (Wildman–Crippen LogP) is 6.29. The van der Waals surface area contributed by atoms with Gasteiger partial charge in [-0.15, -0.1) is 0 Å². The van der Waals surface area contributed by atoms with E-state index in [9.17, 15) is 41.0 Å². The average Bonchev–Trinajstić information content (AvgIpc) is 2.79. The maximum Gasteiger partial charge on any atom is 0.416 e. The Morgan fingerprint density at radius 1 is 0.917 bits per heavy atom. The second kappa shape index (κ2) is 9.05. The Hall–Kier alpha value is -3.73. The van der Waals surface area contributed by atoms with E-state index in [1.165, 1.54) is 36.4 Å². The van der Waals surface area contributed by atoms with Gasteiger partial charge < -0.3 is 15.7 Å². The lowest BCUT2D eigenvalue weighted by atomic mass is 9.79. The second-order valence-corrected chi connectivity index (χ2v) is 8.44. The monoisotopic (exact) mass is 528 g/mol. The topological polar surface area (TPSA) is 78.4 Å². The number of halogens is 7. The van der Waals surface area contributed by atoms with Crippen molar-refractivity contribution in [2.45, 2.75) is 24.3 Å². The van der Waals surface area contributed by atoms with Crippen LogP contribution in [0.3, 0.4) is 0 Å². The van der Waals surface area contributed by atoms with E-state index in [0.717, 1.165) is 6.07 Å². The summed E-state index contributed by atoms with van der Waals surface area (Å²) < 4.78 is 80.8. The minimum Gasteiger partial charge on any atom is -0.506 e. The molecule has 0 aromatic heterocycles. The molecular weight excluding hydrogens is 514 g/mol. The molecule has 1 aliphatic heterocycles. The van der Waals surface area contributed by atoms with E-state index in [-0.39, 0.29) is 27.9 Å². The molecule has 2 atom stereocenters. The van der Waals surface area contributed by atoms with Crippen molar-refractivity contribution in [2.24, 2.45) is 0 Å². The number of alkyl halides is 6. The third-order valence-electron chi connectivity index (χ3n) is 5.63. The highest BCUT2D eigenvalue weighted by atomic mass is 35.5. The van der Waals surface area contributed by atoms with Gasteiger partial charge >= 0.3 is 12.4 Å². The first-order valence-electron chi connectivity index (χ1n) is 10.2. The van der Waals surface area contributed by atoms with Crippen LogP contribution in [0.25, 0.3) is 0 Å². The Morgan fingerprint density at radius 2 is 1.53 bits per heavy atom. The largest absolute Gasteiger partial charge is 0.506 e. The van der Waals surface area contributed by atoms with Gasteiger partial charge in [-0.1, -0.05) is 29.8 Å². The van der Waals surface area contributed by atoms with Gasteiger partial charge in [0.2, 0.25) is 5.91 Å². The molecule has 4 rings (SSSR count). The van der Waals surface area contributed by atoms with Crippen LogP contribution >= 0.6 is 11.6 Å². The fourth-order valence-corrected chi connectivity index (χ4v) is 4.17. The molecule has 188 valence electrons. The van der Waals surface area contributed by atoms with Gasteiger partial charge in [0.15, 0.2) is 0 Å². The summed E-state index contributed by atoms with van der Waals surface area (Å²) in [5.74, 6) is -3.53. The molecule has 0 radical (unpaired) electrons. The number of anilines is 1. The SMILES string of the molecule is O=C1NC(c2cc(C(F)(F)F)cc(C(F)(F)F)c2)C(C(=O)Nc2ccc(Cl)cc2O)c2ccccc21. The Balaban J connectivity index is 1.87. The standard InChI is InChI=1S/C24H15ClF6N2O3/c25-14-5-6-17(18(34)10-14)32-22(36)19-15-3-1-2-4-16(15)21(35)33-20(19)11-7-12(23(26,27)28)9-13(8-11)24(29,30)31/h1-10,19-20,34H,(H,32,36)(H,33,35). The summed E-state index contributed by atoms with van der Waals surface area (Å²) in [5, 5.41) is 15.0. The Kier molecular flexibility index (Phi) is 6.38. The molecule has 12 heteroatoms. The zero-order valence-corrected chi connectivity index (χ0v) is 18.6. The first kappa shape index (κ1) is 25.4. The number of carbonyl (C=O) groups excluding carboxylic acids is 2. The van der Waals surface area contributed by atoms with Crippen molar-refractivity contribution < 1.29 is 41.0 Å². The highest BCUT2D eigenvalue weighted by Crippen LogP contribution is 2.43. The maximum absolute atomic E-state index is 13.5. The first-order chi connectivity index (χ1) is 16.8. The molecule has 3 N–H and O–H groups in total.